The van der Waals surface area contributed by atoms with Crippen molar-refractivity contribution < 1.29 is 23.8 Å². The first-order valence-corrected chi connectivity index (χ1v) is 12.9. The summed E-state index contributed by atoms with van der Waals surface area (Å²) >= 11 is 6.02. The van der Waals surface area contributed by atoms with Crippen LogP contribution >= 0.6 is 11.6 Å². The Balaban J connectivity index is 1.47. The number of aliphatic hydroxyl groups is 1. The summed E-state index contributed by atoms with van der Waals surface area (Å²) in [4.78, 5) is 36.1. The zero-order valence-corrected chi connectivity index (χ0v) is 22.1. The topological polar surface area (TPSA) is 111 Å². The Morgan fingerprint density at radius 3 is 2.72 bits per heavy atom. The second-order valence-corrected chi connectivity index (χ2v) is 9.46. The van der Waals surface area contributed by atoms with Gasteiger partial charge >= 0.3 is 12.1 Å². The van der Waals surface area contributed by atoms with Crippen LogP contribution in [0.4, 0.5) is 14.9 Å². The molecule has 3 N–H and O–H groups in total. The minimum Gasteiger partial charge on any atom is -0.375 e. The van der Waals surface area contributed by atoms with Crippen molar-refractivity contribution in [2.45, 2.75) is 19.6 Å². The van der Waals surface area contributed by atoms with Gasteiger partial charge in [-0.15, -0.1) is 0 Å². The van der Waals surface area contributed by atoms with E-state index in [4.69, 9.17) is 16.3 Å². The summed E-state index contributed by atoms with van der Waals surface area (Å²) in [6.07, 6.45) is -0.655. The second-order valence-electron chi connectivity index (χ2n) is 9.05. The van der Waals surface area contributed by atoms with Crippen molar-refractivity contribution in [1.82, 2.24) is 20.2 Å². The van der Waals surface area contributed by atoms with Crippen molar-refractivity contribution >= 4 is 40.3 Å². The number of carbonyl (C=O) groups is 2. The smallest absolute Gasteiger partial charge is 0.375 e. The molecule has 0 fully saturated rings. The molecule has 0 spiro atoms. The molecule has 0 radical (unpaired) electrons. The Bertz CT molecular complexity index is 1560. The van der Waals surface area contributed by atoms with Crippen LogP contribution in [0.1, 0.15) is 35.3 Å². The number of likely N-dealkylation sites (N-methyl/N-ethyl adjacent to an activating group) is 1. The molecule has 2 heterocycles. The Labute approximate surface area is 229 Å². The highest BCUT2D eigenvalue weighted by Crippen LogP contribution is 2.46. The molecule has 9 nitrogen and oxygen atoms in total. The van der Waals surface area contributed by atoms with Gasteiger partial charge in [-0.25, -0.2) is 9.18 Å². The van der Waals surface area contributed by atoms with Crippen LogP contribution in [0.15, 0.2) is 60.7 Å². The predicted octanol–water partition coefficient (Wildman–Crippen LogP) is 4.64. The molecule has 39 heavy (non-hydrogen) atoms. The van der Waals surface area contributed by atoms with Gasteiger partial charge in [0.05, 0.1) is 21.7 Å². The number of fused-ring (bicyclic) bond motifs is 2. The first kappa shape index (κ1) is 26.6. The molecule has 0 saturated carbocycles. The fraction of sp³-hybridized carbons (Fsp3) is 0.250. The number of aromatic amines is 1. The van der Waals surface area contributed by atoms with E-state index in [2.05, 4.69) is 20.2 Å². The van der Waals surface area contributed by atoms with Crippen LogP contribution in [0.3, 0.4) is 0 Å². The van der Waals surface area contributed by atoms with E-state index in [0.717, 1.165) is 18.0 Å². The number of benzene rings is 3. The molecule has 0 bridgehead atoms. The number of H-pyrrole nitrogens is 1. The van der Waals surface area contributed by atoms with Crippen LogP contribution in [-0.4, -0.2) is 58.2 Å². The lowest BCUT2D eigenvalue weighted by Gasteiger charge is -2.35. The maximum Gasteiger partial charge on any atom is 0.415 e. The molecule has 1 aromatic heterocycles. The summed E-state index contributed by atoms with van der Waals surface area (Å²) in [6.45, 7) is 6.96. The van der Waals surface area contributed by atoms with Crippen LogP contribution in [0, 0.1) is 5.82 Å². The van der Waals surface area contributed by atoms with E-state index in [0.29, 0.717) is 24.1 Å². The lowest BCUT2D eigenvalue weighted by Crippen LogP contribution is -2.45. The van der Waals surface area contributed by atoms with E-state index in [1.807, 2.05) is 13.8 Å². The molecule has 1 atom stereocenters. The zero-order chi connectivity index (χ0) is 27.7. The zero-order valence-electron chi connectivity index (χ0n) is 21.4. The maximum absolute atomic E-state index is 15.1. The Hall–Kier alpha value is -3.99. The molecule has 4 aromatic rings. The Kier molecular flexibility index (Phi) is 7.26. The number of nitrogens with zero attached hydrogens (tertiary/aromatic N) is 3. The first-order chi connectivity index (χ1) is 18.8. The number of rotatable bonds is 8. The highest BCUT2D eigenvalue weighted by molar-refractivity contribution is 6.31. The van der Waals surface area contributed by atoms with Crippen molar-refractivity contribution in [2.75, 3.05) is 31.1 Å². The number of hydrogen-bond acceptors (Lipinski definition) is 6. The minimum atomic E-state index is -2.05. The van der Waals surface area contributed by atoms with Gasteiger partial charge in [-0.2, -0.15) is 4.98 Å². The Morgan fingerprint density at radius 2 is 1.95 bits per heavy atom. The van der Waals surface area contributed by atoms with E-state index >= 15 is 4.39 Å². The third-order valence-corrected chi connectivity index (χ3v) is 7.17. The monoisotopic (exact) mass is 551 g/mol. The fourth-order valence-corrected chi connectivity index (χ4v) is 5.00. The SMILES string of the molecule is CCN(CC)CCNC(=O)Oc1nc2ccc(C3(O)c4ccccc4C(=O)N3c3cccc(Cl)c3F)cc2[nH]1. The lowest BCUT2D eigenvalue weighted by atomic mass is 9.93. The summed E-state index contributed by atoms with van der Waals surface area (Å²) in [5, 5.41) is 14.7. The maximum atomic E-state index is 15.1. The van der Waals surface area contributed by atoms with Gasteiger partial charge in [0.2, 0.25) is 0 Å². The molecule has 0 saturated heterocycles. The normalized spacial score (nSPS) is 16.7. The highest BCUT2D eigenvalue weighted by Gasteiger charge is 2.51. The van der Waals surface area contributed by atoms with Gasteiger partial charge < -0.3 is 25.0 Å². The van der Waals surface area contributed by atoms with E-state index in [9.17, 15) is 14.7 Å². The van der Waals surface area contributed by atoms with E-state index in [1.165, 1.54) is 18.2 Å². The molecule has 5 rings (SSSR count). The minimum absolute atomic E-state index is 0.0323. The van der Waals surface area contributed by atoms with Crippen LogP contribution in [0.25, 0.3) is 11.0 Å². The molecule has 2 amide bonds. The Morgan fingerprint density at radius 1 is 1.18 bits per heavy atom. The molecule has 0 aliphatic carbocycles. The summed E-state index contributed by atoms with van der Waals surface area (Å²) in [5.41, 5.74) is -0.525. The van der Waals surface area contributed by atoms with Gasteiger partial charge in [-0.3, -0.25) is 9.69 Å². The van der Waals surface area contributed by atoms with Crippen molar-refractivity contribution in [3.8, 4) is 6.01 Å². The number of halogens is 2. The van der Waals surface area contributed by atoms with Crippen LogP contribution in [0.2, 0.25) is 5.02 Å². The third-order valence-electron chi connectivity index (χ3n) is 6.88. The van der Waals surface area contributed by atoms with Gasteiger partial charge in [0.15, 0.2) is 11.5 Å². The molecule has 1 aliphatic heterocycles. The number of aromatic nitrogens is 2. The molecular formula is C28H27ClFN5O4. The third kappa shape index (κ3) is 4.71. The number of imidazole rings is 1. The van der Waals surface area contributed by atoms with Crippen LogP contribution < -0.4 is 15.0 Å². The van der Waals surface area contributed by atoms with E-state index in [-0.39, 0.29) is 33.4 Å². The molecule has 1 aliphatic rings. The summed E-state index contributed by atoms with van der Waals surface area (Å²) in [7, 11) is 0. The summed E-state index contributed by atoms with van der Waals surface area (Å²) in [6, 6.07) is 15.6. The average molecular weight is 552 g/mol. The quantitative estimate of drug-likeness (QED) is 0.294. The van der Waals surface area contributed by atoms with Crippen molar-refractivity contribution in [3.63, 3.8) is 0 Å². The fourth-order valence-electron chi connectivity index (χ4n) is 4.83. The lowest BCUT2D eigenvalue weighted by molar-refractivity contribution is 0.0699. The van der Waals surface area contributed by atoms with Gasteiger partial charge in [0, 0.05) is 29.8 Å². The number of nitrogens with one attached hydrogen (secondary N) is 2. The van der Waals surface area contributed by atoms with Gasteiger partial charge in [-0.05, 0) is 43.4 Å². The van der Waals surface area contributed by atoms with Crippen molar-refractivity contribution in [3.05, 3.63) is 88.2 Å². The number of hydrogen-bond donors (Lipinski definition) is 3. The first-order valence-electron chi connectivity index (χ1n) is 12.6. The molecular weight excluding hydrogens is 525 g/mol. The van der Waals surface area contributed by atoms with Gasteiger partial charge in [0.25, 0.3) is 5.91 Å². The van der Waals surface area contributed by atoms with E-state index < -0.39 is 23.5 Å². The second kappa shape index (κ2) is 10.6. The van der Waals surface area contributed by atoms with Crippen LogP contribution in [0.5, 0.6) is 6.01 Å². The summed E-state index contributed by atoms with van der Waals surface area (Å²) < 4.78 is 20.5. The standard InChI is InChI=1S/C28H27ClFN5O4/c1-3-34(4-2)15-14-31-27(37)39-26-32-21-13-12-17(16-22(21)33-26)28(38)19-9-6-5-8-18(19)25(36)35(28)23-11-7-10-20(29)24(23)30/h5-13,16,38H,3-4,14-15H2,1-2H3,(H,31,37)(H,32,33). The largest absolute Gasteiger partial charge is 0.415 e. The number of amides is 2. The predicted molar refractivity (Wildman–Crippen MR) is 146 cm³/mol. The van der Waals surface area contributed by atoms with Gasteiger partial charge in [-0.1, -0.05) is 55.8 Å². The van der Waals surface area contributed by atoms with E-state index in [1.54, 1.807) is 42.5 Å². The summed E-state index contributed by atoms with van der Waals surface area (Å²) in [5.74, 6) is -1.41. The molecule has 202 valence electrons. The highest BCUT2D eigenvalue weighted by atomic mass is 35.5. The van der Waals surface area contributed by atoms with Crippen molar-refractivity contribution in [1.29, 1.82) is 0 Å². The molecule has 11 heteroatoms. The molecule has 3 aromatic carbocycles. The van der Waals surface area contributed by atoms with Crippen molar-refractivity contribution in [2.24, 2.45) is 0 Å². The number of ether oxygens (including phenoxy) is 1. The molecule has 1 unspecified atom stereocenters. The van der Waals surface area contributed by atoms with Gasteiger partial charge in [0.1, 0.15) is 0 Å². The van der Waals surface area contributed by atoms with Crippen LogP contribution in [-0.2, 0) is 5.72 Å². The number of anilines is 1. The number of carbonyl (C=O) groups excluding carboxylic acids is 2. The average Bonchev–Trinajstić information content (AvgIpc) is 3.44.